The van der Waals surface area contributed by atoms with E-state index in [2.05, 4.69) is 15.2 Å². The van der Waals surface area contributed by atoms with E-state index >= 15 is 0 Å². The van der Waals surface area contributed by atoms with Crippen LogP contribution < -0.4 is 5.32 Å². The van der Waals surface area contributed by atoms with Gasteiger partial charge in [0.15, 0.2) is 0 Å². The highest BCUT2D eigenvalue weighted by Gasteiger charge is 2.07. The molecule has 0 fully saturated rings. The zero-order valence-electron chi connectivity index (χ0n) is 9.53. The summed E-state index contributed by atoms with van der Waals surface area (Å²) in [5.74, 6) is -0.984. The van der Waals surface area contributed by atoms with Crippen molar-refractivity contribution in [1.29, 1.82) is 0 Å². The molecule has 0 aliphatic heterocycles. The quantitative estimate of drug-likeness (QED) is 0.757. The zero-order chi connectivity index (χ0) is 12.0. The van der Waals surface area contributed by atoms with E-state index in [4.69, 9.17) is 0 Å². The summed E-state index contributed by atoms with van der Waals surface area (Å²) in [7, 11) is 1.96. The smallest absolute Gasteiger partial charge is 0.270 e. The molecule has 1 aromatic rings. The van der Waals surface area contributed by atoms with Gasteiger partial charge < -0.3 is 10.2 Å². The molecule has 1 aromatic heterocycles. The maximum atomic E-state index is 12.7. The first-order valence-corrected chi connectivity index (χ1v) is 5.22. The molecule has 5 heteroatoms. The van der Waals surface area contributed by atoms with E-state index in [9.17, 15) is 9.18 Å². The molecule has 1 rings (SSSR count). The Balaban J connectivity index is 2.41. The molecule has 1 amide bonds. The van der Waals surface area contributed by atoms with Crippen LogP contribution in [0.4, 0.5) is 4.39 Å². The van der Waals surface area contributed by atoms with E-state index in [1.54, 1.807) is 0 Å². The molecule has 0 aliphatic rings. The number of carbonyl (C=O) groups is 1. The molecule has 4 nitrogen and oxygen atoms in total. The van der Waals surface area contributed by atoms with Crippen molar-refractivity contribution in [2.24, 2.45) is 0 Å². The summed E-state index contributed by atoms with van der Waals surface area (Å²) in [6.07, 6.45) is 0. The van der Waals surface area contributed by atoms with Crippen molar-refractivity contribution >= 4 is 5.91 Å². The van der Waals surface area contributed by atoms with Gasteiger partial charge in [0.1, 0.15) is 5.69 Å². The van der Waals surface area contributed by atoms with Crippen LogP contribution in [0.1, 0.15) is 17.4 Å². The fourth-order valence-electron chi connectivity index (χ4n) is 1.14. The number of halogens is 1. The Labute approximate surface area is 94.5 Å². The van der Waals surface area contributed by atoms with Gasteiger partial charge in [0, 0.05) is 13.1 Å². The summed E-state index contributed by atoms with van der Waals surface area (Å²) in [5, 5.41) is 2.68. The topological polar surface area (TPSA) is 45.2 Å². The van der Waals surface area contributed by atoms with Gasteiger partial charge in [-0.2, -0.15) is 4.39 Å². The number of rotatable bonds is 5. The maximum absolute atomic E-state index is 12.7. The molecule has 0 spiro atoms. The molecule has 1 heterocycles. The highest BCUT2D eigenvalue weighted by atomic mass is 19.1. The summed E-state index contributed by atoms with van der Waals surface area (Å²) < 4.78 is 12.7. The van der Waals surface area contributed by atoms with Gasteiger partial charge in [-0.3, -0.25) is 4.79 Å². The van der Waals surface area contributed by atoms with Gasteiger partial charge in [-0.25, -0.2) is 4.98 Å². The van der Waals surface area contributed by atoms with Crippen LogP contribution in [-0.2, 0) is 0 Å². The molecular weight excluding hydrogens is 209 g/mol. The Morgan fingerprint density at radius 3 is 2.94 bits per heavy atom. The molecule has 0 bridgehead atoms. The molecule has 0 saturated heterocycles. The first kappa shape index (κ1) is 12.6. The van der Waals surface area contributed by atoms with E-state index in [1.165, 1.54) is 18.2 Å². The minimum absolute atomic E-state index is 0.110. The Morgan fingerprint density at radius 1 is 1.56 bits per heavy atom. The van der Waals surface area contributed by atoms with Gasteiger partial charge >= 0.3 is 0 Å². The molecule has 0 atom stereocenters. The van der Waals surface area contributed by atoms with E-state index in [1.807, 2.05) is 14.0 Å². The Kier molecular flexibility index (Phi) is 4.85. The molecule has 0 unspecified atom stereocenters. The standard InChI is InChI=1S/C11H16FN3O/c1-3-15(2)8-7-13-11(16)9-5-4-6-10(12)14-9/h4-6H,3,7-8H2,1-2H3,(H,13,16). The average molecular weight is 225 g/mol. The predicted octanol–water partition coefficient (Wildman–Crippen LogP) is 0.902. The lowest BCUT2D eigenvalue weighted by Gasteiger charge is -2.13. The van der Waals surface area contributed by atoms with Gasteiger partial charge in [-0.15, -0.1) is 0 Å². The normalized spacial score (nSPS) is 10.5. The first-order valence-electron chi connectivity index (χ1n) is 5.22. The predicted molar refractivity (Wildman–Crippen MR) is 59.7 cm³/mol. The molecule has 0 saturated carbocycles. The van der Waals surface area contributed by atoms with Crippen LogP contribution in [0.25, 0.3) is 0 Å². The van der Waals surface area contributed by atoms with Crippen molar-refractivity contribution in [2.45, 2.75) is 6.92 Å². The van der Waals surface area contributed by atoms with Gasteiger partial charge in [0.25, 0.3) is 5.91 Å². The second-order valence-electron chi connectivity index (χ2n) is 3.50. The number of amides is 1. The minimum Gasteiger partial charge on any atom is -0.349 e. The SMILES string of the molecule is CCN(C)CCNC(=O)c1cccc(F)n1. The molecule has 1 N–H and O–H groups in total. The molecular formula is C11H16FN3O. The summed E-state index contributed by atoms with van der Waals surface area (Å²) in [4.78, 5) is 17.1. The fourth-order valence-corrected chi connectivity index (χ4v) is 1.14. The molecule has 0 aliphatic carbocycles. The summed E-state index contributed by atoms with van der Waals surface area (Å²) in [6.45, 7) is 4.25. The third kappa shape index (κ3) is 3.94. The van der Waals surface area contributed by atoms with Crippen LogP contribution in [0.5, 0.6) is 0 Å². The van der Waals surface area contributed by atoms with Crippen molar-refractivity contribution < 1.29 is 9.18 Å². The number of likely N-dealkylation sites (N-methyl/N-ethyl adjacent to an activating group) is 1. The van der Waals surface area contributed by atoms with Gasteiger partial charge in [0.05, 0.1) is 0 Å². The Hall–Kier alpha value is -1.49. The van der Waals surface area contributed by atoms with E-state index < -0.39 is 5.95 Å². The maximum Gasteiger partial charge on any atom is 0.270 e. The van der Waals surface area contributed by atoms with Crippen LogP contribution in [0.2, 0.25) is 0 Å². The Morgan fingerprint density at radius 2 is 2.31 bits per heavy atom. The van der Waals surface area contributed by atoms with Crippen molar-refractivity contribution in [3.8, 4) is 0 Å². The van der Waals surface area contributed by atoms with Crippen molar-refractivity contribution in [1.82, 2.24) is 15.2 Å². The third-order valence-electron chi connectivity index (χ3n) is 2.27. The van der Waals surface area contributed by atoms with Crippen molar-refractivity contribution in [2.75, 3.05) is 26.7 Å². The average Bonchev–Trinajstić information content (AvgIpc) is 2.28. The lowest BCUT2D eigenvalue weighted by Crippen LogP contribution is -2.33. The first-order chi connectivity index (χ1) is 7.63. The van der Waals surface area contributed by atoms with Crippen LogP contribution in [0, 0.1) is 5.95 Å². The van der Waals surface area contributed by atoms with Crippen molar-refractivity contribution in [3.63, 3.8) is 0 Å². The second-order valence-corrected chi connectivity index (χ2v) is 3.50. The Bertz CT molecular complexity index is 357. The number of hydrogen-bond donors (Lipinski definition) is 1. The number of nitrogens with one attached hydrogen (secondary N) is 1. The number of pyridine rings is 1. The van der Waals surface area contributed by atoms with Crippen LogP contribution in [0.15, 0.2) is 18.2 Å². The largest absolute Gasteiger partial charge is 0.349 e. The van der Waals surface area contributed by atoms with Crippen LogP contribution in [-0.4, -0.2) is 42.5 Å². The second kappa shape index (κ2) is 6.17. The van der Waals surface area contributed by atoms with Gasteiger partial charge in [-0.05, 0) is 25.7 Å². The third-order valence-corrected chi connectivity index (χ3v) is 2.27. The minimum atomic E-state index is -0.640. The number of nitrogens with zero attached hydrogens (tertiary/aromatic N) is 2. The lowest BCUT2D eigenvalue weighted by atomic mass is 10.3. The van der Waals surface area contributed by atoms with Crippen molar-refractivity contribution in [3.05, 3.63) is 29.8 Å². The van der Waals surface area contributed by atoms with Gasteiger partial charge in [0.2, 0.25) is 5.95 Å². The highest BCUT2D eigenvalue weighted by Crippen LogP contribution is 1.97. The zero-order valence-corrected chi connectivity index (χ0v) is 9.53. The number of aromatic nitrogens is 1. The molecule has 0 aromatic carbocycles. The number of carbonyl (C=O) groups excluding carboxylic acids is 1. The van der Waals surface area contributed by atoms with E-state index in [-0.39, 0.29) is 11.6 Å². The highest BCUT2D eigenvalue weighted by molar-refractivity contribution is 5.92. The number of hydrogen-bond acceptors (Lipinski definition) is 3. The molecule has 88 valence electrons. The fraction of sp³-hybridized carbons (Fsp3) is 0.455. The summed E-state index contributed by atoms with van der Waals surface area (Å²) in [5.41, 5.74) is 0.110. The van der Waals surface area contributed by atoms with Crippen LogP contribution in [0.3, 0.4) is 0 Å². The van der Waals surface area contributed by atoms with Gasteiger partial charge in [-0.1, -0.05) is 13.0 Å². The monoisotopic (exact) mass is 225 g/mol. The van der Waals surface area contributed by atoms with E-state index in [0.29, 0.717) is 6.54 Å². The molecule has 16 heavy (non-hydrogen) atoms. The van der Waals surface area contributed by atoms with E-state index in [0.717, 1.165) is 13.1 Å². The lowest BCUT2D eigenvalue weighted by molar-refractivity contribution is 0.0944. The van der Waals surface area contributed by atoms with Crippen LogP contribution >= 0.6 is 0 Å². The summed E-state index contributed by atoms with van der Waals surface area (Å²) >= 11 is 0. The summed E-state index contributed by atoms with van der Waals surface area (Å²) in [6, 6.07) is 4.17. The molecule has 0 radical (unpaired) electrons.